The van der Waals surface area contributed by atoms with Crippen molar-refractivity contribution in [3.63, 3.8) is 0 Å². The summed E-state index contributed by atoms with van der Waals surface area (Å²) in [6, 6.07) is 7.95. The summed E-state index contributed by atoms with van der Waals surface area (Å²) in [6.07, 6.45) is 1.70. The number of hydrogen-bond donors (Lipinski definition) is 1. The predicted octanol–water partition coefficient (Wildman–Crippen LogP) is 2.80. The van der Waals surface area contributed by atoms with Crippen LogP contribution in [-0.4, -0.2) is 36.1 Å². The summed E-state index contributed by atoms with van der Waals surface area (Å²) in [5, 5.41) is 0.762. The minimum atomic E-state index is 0.299. The highest BCUT2D eigenvalue weighted by molar-refractivity contribution is 9.10. The third-order valence-corrected chi connectivity index (χ3v) is 4.33. The number of halogens is 2. The molecule has 0 spiro atoms. The van der Waals surface area contributed by atoms with E-state index in [9.17, 15) is 0 Å². The number of anilines is 3. The number of hydrogen-bond acceptors (Lipinski definition) is 5. The molecule has 1 aliphatic heterocycles. The van der Waals surface area contributed by atoms with Gasteiger partial charge in [-0.15, -0.1) is 0 Å². The molecule has 2 aromatic rings. The molecule has 1 aromatic heterocycles. The molecule has 0 bridgehead atoms. The number of piperazine rings is 1. The fraction of sp³-hybridized carbons (Fsp3) is 0.286. The zero-order valence-electron chi connectivity index (χ0n) is 11.3. The van der Waals surface area contributed by atoms with Gasteiger partial charge in [0.1, 0.15) is 5.82 Å². The molecule has 2 heterocycles. The second-order valence-electron chi connectivity index (χ2n) is 4.85. The highest BCUT2D eigenvalue weighted by Gasteiger charge is 2.20. The molecule has 1 fully saturated rings. The standard InChI is InChI=1S/C14H15BrClN5/c15-12-9-18-14(17)19-13(12)21-7-5-20(6-8-21)11-3-1-10(16)2-4-11/h1-4,9H,5-8H2,(H2,17,18,19). The molecule has 1 aromatic carbocycles. The Morgan fingerprint density at radius 2 is 1.67 bits per heavy atom. The van der Waals surface area contributed by atoms with Crippen LogP contribution in [0.2, 0.25) is 5.02 Å². The van der Waals surface area contributed by atoms with Crippen LogP contribution < -0.4 is 15.5 Å². The molecule has 110 valence electrons. The van der Waals surface area contributed by atoms with Gasteiger partial charge in [0.25, 0.3) is 0 Å². The minimum absolute atomic E-state index is 0.299. The molecule has 0 radical (unpaired) electrons. The van der Waals surface area contributed by atoms with E-state index >= 15 is 0 Å². The fourth-order valence-corrected chi connectivity index (χ4v) is 2.99. The second-order valence-corrected chi connectivity index (χ2v) is 6.14. The first kappa shape index (κ1) is 14.4. The van der Waals surface area contributed by atoms with E-state index in [4.69, 9.17) is 17.3 Å². The van der Waals surface area contributed by atoms with Crippen molar-refractivity contribution in [3.05, 3.63) is 40.0 Å². The normalized spacial score (nSPS) is 15.3. The van der Waals surface area contributed by atoms with E-state index in [0.29, 0.717) is 5.95 Å². The predicted molar refractivity (Wildman–Crippen MR) is 90.0 cm³/mol. The average Bonchev–Trinajstić information content (AvgIpc) is 2.51. The maximum Gasteiger partial charge on any atom is 0.222 e. The van der Waals surface area contributed by atoms with E-state index in [0.717, 1.165) is 41.5 Å². The Kier molecular flexibility index (Phi) is 4.17. The van der Waals surface area contributed by atoms with Crippen molar-refractivity contribution < 1.29 is 0 Å². The van der Waals surface area contributed by atoms with Gasteiger partial charge in [0.05, 0.1) is 4.47 Å². The van der Waals surface area contributed by atoms with Gasteiger partial charge in [0.15, 0.2) is 0 Å². The summed E-state index contributed by atoms with van der Waals surface area (Å²) in [6.45, 7) is 3.63. The lowest BCUT2D eigenvalue weighted by atomic mass is 10.2. The van der Waals surface area contributed by atoms with Crippen molar-refractivity contribution in [2.75, 3.05) is 41.7 Å². The molecule has 2 N–H and O–H groups in total. The van der Waals surface area contributed by atoms with Gasteiger partial charge in [0, 0.05) is 43.1 Å². The summed E-state index contributed by atoms with van der Waals surface area (Å²) in [4.78, 5) is 12.8. The van der Waals surface area contributed by atoms with E-state index in [1.54, 1.807) is 6.20 Å². The highest BCUT2D eigenvalue weighted by atomic mass is 79.9. The number of nitrogens with two attached hydrogens (primary N) is 1. The van der Waals surface area contributed by atoms with E-state index < -0.39 is 0 Å². The van der Waals surface area contributed by atoms with Crippen LogP contribution >= 0.6 is 27.5 Å². The van der Waals surface area contributed by atoms with Crippen molar-refractivity contribution in [1.82, 2.24) is 9.97 Å². The molecule has 0 atom stereocenters. The van der Waals surface area contributed by atoms with Crippen molar-refractivity contribution in [1.29, 1.82) is 0 Å². The molecule has 21 heavy (non-hydrogen) atoms. The van der Waals surface area contributed by atoms with Crippen LogP contribution in [0.4, 0.5) is 17.5 Å². The van der Waals surface area contributed by atoms with Gasteiger partial charge in [-0.3, -0.25) is 0 Å². The fourth-order valence-electron chi connectivity index (χ4n) is 2.42. The van der Waals surface area contributed by atoms with E-state index in [2.05, 4.69) is 47.8 Å². The maximum absolute atomic E-state index is 5.93. The zero-order valence-corrected chi connectivity index (χ0v) is 13.7. The van der Waals surface area contributed by atoms with Crippen molar-refractivity contribution >= 4 is 45.0 Å². The van der Waals surface area contributed by atoms with Gasteiger partial charge >= 0.3 is 0 Å². The smallest absolute Gasteiger partial charge is 0.222 e. The number of nitrogens with zero attached hydrogens (tertiary/aromatic N) is 4. The van der Waals surface area contributed by atoms with E-state index in [1.165, 1.54) is 5.69 Å². The molecule has 0 aliphatic carbocycles. The molecule has 1 saturated heterocycles. The quantitative estimate of drug-likeness (QED) is 0.883. The van der Waals surface area contributed by atoms with E-state index in [-0.39, 0.29) is 0 Å². The zero-order chi connectivity index (χ0) is 14.8. The molecule has 5 nitrogen and oxygen atoms in total. The van der Waals surface area contributed by atoms with Crippen LogP contribution in [0.5, 0.6) is 0 Å². The third kappa shape index (κ3) is 3.22. The Morgan fingerprint density at radius 1 is 1.05 bits per heavy atom. The monoisotopic (exact) mass is 367 g/mol. The second kappa shape index (κ2) is 6.07. The molecular weight excluding hydrogens is 354 g/mol. The van der Waals surface area contributed by atoms with Crippen LogP contribution in [0, 0.1) is 0 Å². The van der Waals surface area contributed by atoms with Crippen LogP contribution in [0.1, 0.15) is 0 Å². The van der Waals surface area contributed by atoms with Crippen molar-refractivity contribution in [2.45, 2.75) is 0 Å². The van der Waals surface area contributed by atoms with Gasteiger partial charge in [-0.25, -0.2) is 4.98 Å². The summed E-state index contributed by atoms with van der Waals surface area (Å²) in [5.74, 6) is 1.16. The van der Waals surface area contributed by atoms with Gasteiger partial charge < -0.3 is 15.5 Å². The summed E-state index contributed by atoms with van der Waals surface area (Å²) >= 11 is 9.41. The van der Waals surface area contributed by atoms with Crippen LogP contribution in [0.25, 0.3) is 0 Å². The van der Waals surface area contributed by atoms with Crippen molar-refractivity contribution in [3.8, 4) is 0 Å². The van der Waals surface area contributed by atoms with Gasteiger partial charge in [-0.2, -0.15) is 4.98 Å². The SMILES string of the molecule is Nc1ncc(Br)c(N2CCN(c3ccc(Cl)cc3)CC2)n1. The Balaban J connectivity index is 1.70. The largest absolute Gasteiger partial charge is 0.368 e. The first-order chi connectivity index (χ1) is 10.1. The van der Waals surface area contributed by atoms with Crippen LogP contribution in [0.15, 0.2) is 34.9 Å². The molecule has 3 rings (SSSR count). The topological polar surface area (TPSA) is 58.3 Å². The molecule has 1 aliphatic rings. The maximum atomic E-state index is 5.93. The third-order valence-electron chi connectivity index (χ3n) is 3.52. The number of rotatable bonds is 2. The van der Waals surface area contributed by atoms with Gasteiger partial charge in [-0.05, 0) is 40.2 Å². The molecule has 0 unspecified atom stereocenters. The van der Waals surface area contributed by atoms with E-state index in [1.807, 2.05) is 12.1 Å². The minimum Gasteiger partial charge on any atom is -0.368 e. The molecular formula is C14H15BrClN5. The summed E-state index contributed by atoms with van der Waals surface area (Å²) < 4.78 is 0.872. The van der Waals surface area contributed by atoms with Gasteiger partial charge in [-0.1, -0.05) is 11.6 Å². The molecule has 0 amide bonds. The Morgan fingerprint density at radius 3 is 2.33 bits per heavy atom. The number of nitrogen functional groups attached to an aromatic ring is 1. The summed E-state index contributed by atoms with van der Waals surface area (Å²) in [7, 11) is 0. The number of aromatic nitrogens is 2. The Bertz CT molecular complexity index is 626. The first-order valence-corrected chi connectivity index (χ1v) is 7.84. The first-order valence-electron chi connectivity index (χ1n) is 6.67. The Hall–Kier alpha value is -1.53. The van der Waals surface area contributed by atoms with Crippen LogP contribution in [0.3, 0.4) is 0 Å². The number of benzene rings is 1. The van der Waals surface area contributed by atoms with Gasteiger partial charge in [0.2, 0.25) is 5.95 Å². The lowest BCUT2D eigenvalue weighted by Crippen LogP contribution is -2.47. The highest BCUT2D eigenvalue weighted by Crippen LogP contribution is 2.26. The Labute approximate surface area is 136 Å². The lowest BCUT2D eigenvalue weighted by Gasteiger charge is -2.37. The van der Waals surface area contributed by atoms with Crippen LogP contribution in [-0.2, 0) is 0 Å². The molecule has 7 heteroatoms. The lowest BCUT2D eigenvalue weighted by molar-refractivity contribution is 0.646. The van der Waals surface area contributed by atoms with Crippen molar-refractivity contribution in [2.24, 2.45) is 0 Å². The molecule has 0 saturated carbocycles. The average molecular weight is 369 g/mol. The summed E-state index contributed by atoms with van der Waals surface area (Å²) in [5.41, 5.74) is 6.87.